The third-order valence-electron chi connectivity index (χ3n) is 2.63. The molecule has 0 spiro atoms. The number of rotatable bonds is 3. The lowest BCUT2D eigenvalue weighted by molar-refractivity contribution is 0.0685. The normalized spacial score (nSPS) is 10.8. The average Bonchev–Trinajstić information content (AvgIpc) is 2.80. The van der Waals surface area contributed by atoms with E-state index < -0.39 is 5.97 Å². The smallest absolute Gasteiger partial charge is 0.352 e. The molecule has 0 unspecified atom stereocenters. The summed E-state index contributed by atoms with van der Waals surface area (Å²) in [5.74, 6) is -0.926. The van der Waals surface area contributed by atoms with Crippen molar-refractivity contribution in [2.75, 3.05) is 0 Å². The van der Waals surface area contributed by atoms with Crippen molar-refractivity contribution in [3.63, 3.8) is 0 Å². The van der Waals surface area contributed by atoms with E-state index in [4.69, 9.17) is 5.11 Å². The first-order valence-corrected chi connectivity index (χ1v) is 5.86. The van der Waals surface area contributed by atoms with E-state index in [2.05, 4.69) is 21.0 Å². The Balaban J connectivity index is 2.38. The maximum atomic E-state index is 11.0. The van der Waals surface area contributed by atoms with Gasteiger partial charge in [0.25, 0.3) is 0 Å². The molecule has 0 saturated heterocycles. The SMILES string of the molecule is Cc1nn(C)c(Cn2cccc2C(=O)O)c1Br. The van der Waals surface area contributed by atoms with Crippen LogP contribution in [0.15, 0.2) is 22.8 Å². The molecular formula is C11H12BrN3O2. The summed E-state index contributed by atoms with van der Waals surface area (Å²) in [6.07, 6.45) is 1.75. The summed E-state index contributed by atoms with van der Waals surface area (Å²) in [5.41, 5.74) is 2.11. The summed E-state index contributed by atoms with van der Waals surface area (Å²) in [6, 6.07) is 3.31. The van der Waals surface area contributed by atoms with Crippen molar-refractivity contribution in [2.24, 2.45) is 7.05 Å². The zero-order chi connectivity index (χ0) is 12.6. The molecule has 0 bridgehead atoms. The maximum absolute atomic E-state index is 11.0. The Bertz CT molecular complexity index is 571. The minimum absolute atomic E-state index is 0.274. The summed E-state index contributed by atoms with van der Waals surface area (Å²) in [7, 11) is 1.84. The Labute approximate surface area is 107 Å². The van der Waals surface area contributed by atoms with Gasteiger partial charge in [0.15, 0.2) is 0 Å². The number of halogens is 1. The zero-order valence-electron chi connectivity index (χ0n) is 9.51. The fraction of sp³-hybridized carbons (Fsp3) is 0.273. The lowest BCUT2D eigenvalue weighted by Crippen LogP contribution is -2.11. The molecule has 0 radical (unpaired) electrons. The quantitative estimate of drug-likeness (QED) is 0.943. The molecule has 90 valence electrons. The summed E-state index contributed by atoms with van der Waals surface area (Å²) in [6.45, 7) is 2.38. The topological polar surface area (TPSA) is 60.0 Å². The lowest BCUT2D eigenvalue weighted by atomic mass is 10.3. The second-order valence-corrected chi connectivity index (χ2v) is 4.59. The van der Waals surface area contributed by atoms with Crippen LogP contribution in [-0.4, -0.2) is 25.4 Å². The van der Waals surface area contributed by atoms with Gasteiger partial charge in [-0.2, -0.15) is 5.10 Å². The van der Waals surface area contributed by atoms with Crippen molar-refractivity contribution in [3.05, 3.63) is 39.9 Å². The Morgan fingerprint density at radius 1 is 1.59 bits per heavy atom. The van der Waals surface area contributed by atoms with Crippen LogP contribution in [0.25, 0.3) is 0 Å². The van der Waals surface area contributed by atoms with Crippen LogP contribution in [0.1, 0.15) is 21.9 Å². The van der Waals surface area contributed by atoms with Crippen LogP contribution >= 0.6 is 15.9 Å². The molecule has 0 aliphatic heterocycles. The van der Waals surface area contributed by atoms with E-state index in [1.165, 1.54) is 0 Å². The number of carboxylic acids is 1. The Morgan fingerprint density at radius 2 is 2.29 bits per heavy atom. The standard InChI is InChI=1S/C11H12BrN3O2/c1-7-10(12)9(14(2)13-7)6-15-5-3-4-8(15)11(16)17/h3-5H,6H2,1-2H3,(H,16,17). The molecule has 2 rings (SSSR count). The second-order valence-electron chi connectivity index (χ2n) is 3.80. The van der Waals surface area contributed by atoms with Crippen molar-refractivity contribution in [3.8, 4) is 0 Å². The van der Waals surface area contributed by atoms with E-state index in [1.807, 2.05) is 14.0 Å². The third-order valence-corrected chi connectivity index (χ3v) is 3.66. The van der Waals surface area contributed by atoms with E-state index in [9.17, 15) is 4.79 Å². The highest BCUT2D eigenvalue weighted by Crippen LogP contribution is 2.21. The van der Waals surface area contributed by atoms with Crippen LogP contribution in [0.2, 0.25) is 0 Å². The molecule has 0 aliphatic rings. The number of aromatic carboxylic acids is 1. The van der Waals surface area contributed by atoms with Gasteiger partial charge in [-0.05, 0) is 35.0 Å². The van der Waals surface area contributed by atoms with E-state index in [-0.39, 0.29) is 5.69 Å². The van der Waals surface area contributed by atoms with Crippen molar-refractivity contribution in [2.45, 2.75) is 13.5 Å². The van der Waals surface area contributed by atoms with Crippen molar-refractivity contribution < 1.29 is 9.90 Å². The van der Waals surface area contributed by atoms with Gasteiger partial charge in [-0.1, -0.05) is 0 Å². The summed E-state index contributed by atoms with van der Waals surface area (Å²) in [4.78, 5) is 11.0. The van der Waals surface area contributed by atoms with Crippen LogP contribution < -0.4 is 0 Å². The first kappa shape index (κ1) is 11.9. The van der Waals surface area contributed by atoms with Crippen LogP contribution in [0.5, 0.6) is 0 Å². The molecule has 17 heavy (non-hydrogen) atoms. The van der Waals surface area contributed by atoms with Gasteiger partial charge in [-0.15, -0.1) is 0 Å². The maximum Gasteiger partial charge on any atom is 0.352 e. The Kier molecular flexibility index (Phi) is 3.06. The highest BCUT2D eigenvalue weighted by atomic mass is 79.9. The summed E-state index contributed by atoms with van der Waals surface area (Å²) >= 11 is 3.46. The molecule has 2 aromatic rings. The molecule has 0 fully saturated rings. The predicted molar refractivity (Wildman–Crippen MR) is 66.1 cm³/mol. The van der Waals surface area contributed by atoms with Gasteiger partial charge >= 0.3 is 5.97 Å². The fourth-order valence-electron chi connectivity index (χ4n) is 1.76. The molecule has 0 amide bonds. The number of aromatic nitrogens is 3. The number of hydrogen-bond donors (Lipinski definition) is 1. The number of aryl methyl sites for hydroxylation is 2. The Hall–Kier alpha value is -1.56. The van der Waals surface area contributed by atoms with E-state index in [1.54, 1.807) is 27.6 Å². The van der Waals surface area contributed by atoms with Crippen LogP contribution in [0.3, 0.4) is 0 Å². The highest BCUT2D eigenvalue weighted by Gasteiger charge is 2.14. The molecule has 0 atom stereocenters. The van der Waals surface area contributed by atoms with E-state index in [0.717, 1.165) is 15.9 Å². The first-order chi connectivity index (χ1) is 8.00. The minimum Gasteiger partial charge on any atom is -0.477 e. The largest absolute Gasteiger partial charge is 0.477 e. The van der Waals surface area contributed by atoms with Gasteiger partial charge in [0.1, 0.15) is 5.69 Å². The lowest BCUT2D eigenvalue weighted by Gasteiger charge is -2.07. The molecule has 5 nitrogen and oxygen atoms in total. The number of carboxylic acid groups (broad SMARTS) is 1. The minimum atomic E-state index is -0.926. The van der Waals surface area contributed by atoms with E-state index in [0.29, 0.717) is 6.54 Å². The fourth-order valence-corrected chi connectivity index (χ4v) is 2.22. The monoisotopic (exact) mass is 297 g/mol. The van der Waals surface area contributed by atoms with Gasteiger partial charge in [0, 0.05) is 13.2 Å². The van der Waals surface area contributed by atoms with Crippen LogP contribution in [0.4, 0.5) is 0 Å². The van der Waals surface area contributed by atoms with Crippen molar-refractivity contribution in [1.29, 1.82) is 0 Å². The molecule has 0 saturated carbocycles. The second kappa shape index (κ2) is 4.37. The number of nitrogens with zero attached hydrogens (tertiary/aromatic N) is 3. The van der Waals surface area contributed by atoms with Gasteiger partial charge in [-0.3, -0.25) is 4.68 Å². The van der Waals surface area contributed by atoms with Gasteiger partial charge in [0.05, 0.1) is 22.4 Å². The third kappa shape index (κ3) is 2.12. The molecule has 6 heteroatoms. The molecular weight excluding hydrogens is 286 g/mol. The summed E-state index contributed by atoms with van der Waals surface area (Å²) in [5, 5.41) is 13.3. The van der Waals surface area contributed by atoms with E-state index >= 15 is 0 Å². The number of carbonyl (C=O) groups is 1. The van der Waals surface area contributed by atoms with Gasteiger partial charge < -0.3 is 9.67 Å². The summed E-state index contributed by atoms with van der Waals surface area (Å²) < 4.78 is 4.36. The van der Waals surface area contributed by atoms with Crippen LogP contribution in [-0.2, 0) is 13.6 Å². The Morgan fingerprint density at radius 3 is 2.82 bits per heavy atom. The first-order valence-electron chi connectivity index (χ1n) is 5.07. The molecule has 1 N–H and O–H groups in total. The molecule has 2 aromatic heterocycles. The van der Waals surface area contributed by atoms with Crippen LogP contribution in [0, 0.1) is 6.92 Å². The van der Waals surface area contributed by atoms with Crippen molar-refractivity contribution in [1.82, 2.24) is 14.3 Å². The molecule has 0 aromatic carbocycles. The molecule has 0 aliphatic carbocycles. The number of hydrogen-bond acceptors (Lipinski definition) is 2. The predicted octanol–water partition coefficient (Wildman–Crippen LogP) is 2.04. The van der Waals surface area contributed by atoms with Gasteiger partial charge in [-0.25, -0.2) is 4.79 Å². The highest BCUT2D eigenvalue weighted by molar-refractivity contribution is 9.10. The molecule has 2 heterocycles. The van der Waals surface area contributed by atoms with Gasteiger partial charge in [0.2, 0.25) is 0 Å². The average molecular weight is 298 g/mol. The van der Waals surface area contributed by atoms with Crippen molar-refractivity contribution >= 4 is 21.9 Å². The zero-order valence-corrected chi connectivity index (χ0v) is 11.1.